The van der Waals surface area contributed by atoms with Crippen LogP contribution >= 0.6 is 11.6 Å². The first kappa shape index (κ1) is 11.7. The summed E-state index contributed by atoms with van der Waals surface area (Å²) in [6.45, 7) is 0. The zero-order chi connectivity index (χ0) is 12.4. The summed E-state index contributed by atoms with van der Waals surface area (Å²) in [5.41, 5.74) is 0.774. The van der Waals surface area contributed by atoms with Gasteiger partial charge in [0.2, 0.25) is 5.65 Å². The molecule has 1 fully saturated rings. The quantitative estimate of drug-likeness (QED) is 0.866. The lowest BCUT2D eigenvalue weighted by molar-refractivity contribution is 0.352. The molecule has 1 aliphatic rings. The van der Waals surface area contributed by atoms with Gasteiger partial charge in [-0.15, -0.1) is 21.8 Å². The van der Waals surface area contributed by atoms with Crippen LogP contribution in [0.15, 0.2) is 18.7 Å². The van der Waals surface area contributed by atoms with E-state index in [2.05, 4.69) is 20.5 Å². The van der Waals surface area contributed by atoms with Gasteiger partial charge in [-0.3, -0.25) is 4.40 Å². The van der Waals surface area contributed by atoms with Gasteiger partial charge in [0.15, 0.2) is 5.82 Å². The molecule has 3 rings (SSSR count). The maximum absolute atomic E-state index is 6.04. The Morgan fingerprint density at radius 2 is 2.28 bits per heavy atom. The third-order valence-electron chi connectivity index (χ3n) is 3.65. The van der Waals surface area contributed by atoms with Gasteiger partial charge in [0.05, 0.1) is 0 Å². The van der Waals surface area contributed by atoms with E-state index >= 15 is 0 Å². The van der Waals surface area contributed by atoms with E-state index in [1.165, 1.54) is 19.3 Å². The van der Waals surface area contributed by atoms with Crippen molar-refractivity contribution in [3.05, 3.63) is 18.7 Å². The fraction of sp³-hybridized carbons (Fsp3) is 0.583. The summed E-state index contributed by atoms with van der Waals surface area (Å²) < 4.78 is 1.87. The number of anilines is 1. The van der Waals surface area contributed by atoms with Crippen LogP contribution in [0.3, 0.4) is 0 Å². The molecule has 1 N–H and O–H groups in total. The van der Waals surface area contributed by atoms with E-state index in [0.717, 1.165) is 17.9 Å². The zero-order valence-electron chi connectivity index (χ0n) is 10.1. The molecule has 1 aliphatic carbocycles. The average Bonchev–Trinajstić information content (AvgIpc) is 2.89. The Morgan fingerprint density at radius 3 is 3.17 bits per heavy atom. The van der Waals surface area contributed by atoms with Gasteiger partial charge in [0.25, 0.3) is 0 Å². The van der Waals surface area contributed by atoms with Crippen molar-refractivity contribution in [1.82, 2.24) is 19.6 Å². The van der Waals surface area contributed by atoms with Crippen LogP contribution in [0, 0.1) is 5.92 Å². The highest BCUT2D eigenvalue weighted by Gasteiger charge is 2.25. The lowest BCUT2D eigenvalue weighted by atomic mass is 9.86. The maximum atomic E-state index is 6.04. The predicted molar refractivity (Wildman–Crippen MR) is 70.9 cm³/mol. The Hall–Kier alpha value is -1.36. The van der Waals surface area contributed by atoms with Crippen LogP contribution in [0.5, 0.6) is 0 Å². The smallest absolute Gasteiger partial charge is 0.203 e. The summed E-state index contributed by atoms with van der Waals surface area (Å²) in [6.07, 6.45) is 10.2. The van der Waals surface area contributed by atoms with Crippen LogP contribution in [0.4, 0.5) is 5.82 Å². The number of fused-ring (bicyclic) bond motifs is 1. The topological polar surface area (TPSA) is 55.1 Å². The van der Waals surface area contributed by atoms with E-state index in [-0.39, 0.29) is 0 Å². The normalized spacial score (nSPS) is 24.3. The van der Waals surface area contributed by atoms with Crippen molar-refractivity contribution in [1.29, 1.82) is 0 Å². The number of aromatic nitrogens is 4. The van der Waals surface area contributed by atoms with E-state index in [9.17, 15) is 0 Å². The minimum Gasteiger partial charge on any atom is -0.364 e. The monoisotopic (exact) mass is 265 g/mol. The highest BCUT2D eigenvalue weighted by atomic mass is 35.5. The van der Waals surface area contributed by atoms with Crippen molar-refractivity contribution >= 4 is 23.1 Å². The molecule has 2 atom stereocenters. The lowest BCUT2D eigenvalue weighted by Gasteiger charge is -2.31. The van der Waals surface area contributed by atoms with E-state index in [1.54, 1.807) is 12.5 Å². The van der Waals surface area contributed by atoms with E-state index in [1.807, 2.05) is 10.6 Å². The number of rotatable bonds is 3. The molecule has 0 spiro atoms. The first-order valence-electron chi connectivity index (χ1n) is 6.35. The fourth-order valence-corrected chi connectivity index (χ4v) is 2.99. The van der Waals surface area contributed by atoms with Crippen LogP contribution in [0.25, 0.3) is 5.65 Å². The number of alkyl halides is 1. The van der Waals surface area contributed by atoms with Crippen molar-refractivity contribution in [3.63, 3.8) is 0 Å². The van der Waals surface area contributed by atoms with Crippen molar-refractivity contribution in [3.8, 4) is 0 Å². The molecule has 2 unspecified atom stereocenters. The molecule has 0 radical (unpaired) electrons. The largest absolute Gasteiger partial charge is 0.364 e. The Bertz CT molecular complexity index is 526. The van der Waals surface area contributed by atoms with E-state index < -0.39 is 0 Å². The second-order valence-corrected chi connectivity index (χ2v) is 5.10. The molecule has 0 saturated heterocycles. The molecule has 18 heavy (non-hydrogen) atoms. The van der Waals surface area contributed by atoms with Crippen LogP contribution in [0.1, 0.15) is 25.7 Å². The SMILES string of the molecule is ClCC1CCCCC1Nc1nccn2cnnc12. The minimum absolute atomic E-state index is 0.395. The predicted octanol–water partition coefficient (Wildman–Crippen LogP) is 2.33. The molecule has 2 heterocycles. The maximum Gasteiger partial charge on any atom is 0.203 e. The Balaban J connectivity index is 1.84. The molecule has 96 valence electrons. The molecule has 5 nitrogen and oxygen atoms in total. The highest BCUT2D eigenvalue weighted by molar-refractivity contribution is 6.18. The molecule has 0 aromatic carbocycles. The summed E-state index contributed by atoms with van der Waals surface area (Å²) in [7, 11) is 0. The van der Waals surface area contributed by atoms with Crippen molar-refractivity contribution in [2.45, 2.75) is 31.7 Å². The molecular formula is C12H16ClN5. The number of halogens is 1. The van der Waals surface area contributed by atoms with Gasteiger partial charge in [-0.2, -0.15) is 0 Å². The Labute approximate surface area is 111 Å². The molecule has 1 saturated carbocycles. The van der Waals surface area contributed by atoms with Crippen LogP contribution in [-0.2, 0) is 0 Å². The third-order valence-corrected chi connectivity index (χ3v) is 4.04. The average molecular weight is 266 g/mol. The first-order chi connectivity index (χ1) is 8.88. The van der Waals surface area contributed by atoms with E-state index in [0.29, 0.717) is 17.8 Å². The second kappa shape index (κ2) is 5.10. The van der Waals surface area contributed by atoms with Crippen LogP contribution < -0.4 is 5.32 Å². The van der Waals surface area contributed by atoms with Crippen molar-refractivity contribution < 1.29 is 0 Å². The Kier molecular flexibility index (Phi) is 3.32. The lowest BCUT2D eigenvalue weighted by Crippen LogP contribution is -2.33. The molecule has 6 heteroatoms. The third kappa shape index (κ3) is 2.14. The highest BCUT2D eigenvalue weighted by Crippen LogP contribution is 2.28. The Morgan fingerprint density at radius 1 is 1.39 bits per heavy atom. The molecule has 0 amide bonds. The molecule has 0 bridgehead atoms. The molecule has 2 aromatic heterocycles. The van der Waals surface area contributed by atoms with Gasteiger partial charge in [-0.1, -0.05) is 12.8 Å². The number of hydrogen-bond donors (Lipinski definition) is 1. The number of nitrogens with zero attached hydrogens (tertiary/aromatic N) is 4. The van der Waals surface area contributed by atoms with Gasteiger partial charge < -0.3 is 5.32 Å². The molecule has 2 aromatic rings. The van der Waals surface area contributed by atoms with Gasteiger partial charge in [0.1, 0.15) is 6.33 Å². The first-order valence-corrected chi connectivity index (χ1v) is 6.89. The second-order valence-electron chi connectivity index (χ2n) is 4.79. The summed E-state index contributed by atoms with van der Waals surface area (Å²) in [5, 5.41) is 11.5. The van der Waals surface area contributed by atoms with Gasteiger partial charge in [0, 0.05) is 24.3 Å². The molecular weight excluding hydrogens is 250 g/mol. The van der Waals surface area contributed by atoms with Gasteiger partial charge in [-0.25, -0.2) is 4.98 Å². The standard InChI is InChI=1S/C12H16ClN5/c13-7-9-3-1-2-4-10(9)16-11-12-17-15-8-18(12)6-5-14-11/h5-6,8-10H,1-4,7H2,(H,14,16). The zero-order valence-corrected chi connectivity index (χ0v) is 10.8. The van der Waals surface area contributed by atoms with Crippen LogP contribution in [0.2, 0.25) is 0 Å². The number of nitrogens with one attached hydrogen (secondary N) is 1. The minimum atomic E-state index is 0.395. The summed E-state index contributed by atoms with van der Waals surface area (Å²) >= 11 is 6.04. The summed E-state index contributed by atoms with van der Waals surface area (Å²) in [4.78, 5) is 4.36. The van der Waals surface area contributed by atoms with Gasteiger partial charge >= 0.3 is 0 Å². The van der Waals surface area contributed by atoms with E-state index in [4.69, 9.17) is 11.6 Å². The number of hydrogen-bond acceptors (Lipinski definition) is 4. The van der Waals surface area contributed by atoms with Crippen molar-refractivity contribution in [2.75, 3.05) is 11.2 Å². The van der Waals surface area contributed by atoms with Crippen LogP contribution in [-0.4, -0.2) is 31.5 Å². The summed E-state index contributed by atoms with van der Waals surface area (Å²) in [6, 6.07) is 0.395. The van der Waals surface area contributed by atoms with Crippen molar-refractivity contribution in [2.24, 2.45) is 5.92 Å². The summed E-state index contributed by atoms with van der Waals surface area (Å²) in [5.74, 6) is 2.02. The fourth-order valence-electron chi connectivity index (χ4n) is 2.62. The van der Waals surface area contributed by atoms with Gasteiger partial charge in [-0.05, 0) is 18.8 Å². The molecule has 0 aliphatic heterocycles.